The van der Waals surface area contributed by atoms with Gasteiger partial charge in [0.2, 0.25) is 0 Å². The summed E-state index contributed by atoms with van der Waals surface area (Å²) in [7, 11) is 0. The van der Waals surface area contributed by atoms with E-state index in [4.69, 9.17) is 9.47 Å². The second kappa shape index (κ2) is 8.73. The van der Waals surface area contributed by atoms with E-state index in [1.165, 1.54) is 6.92 Å². The number of carbonyl (C=O) groups is 3. The van der Waals surface area contributed by atoms with Gasteiger partial charge in [0.1, 0.15) is 5.54 Å². The van der Waals surface area contributed by atoms with E-state index in [-0.39, 0.29) is 0 Å². The Morgan fingerprint density at radius 3 is 2.18 bits per heavy atom. The lowest BCUT2D eigenvalue weighted by Gasteiger charge is -2.36. The van der Waals surface area contributed by atoms with Crippen LogP contribution >= 0.6 is 0 Å². The minimum Gasteiger partial charge on any atom is -0.446 e. The highest BCUT2D eigenvalue weighted by Crippen LogP contribution is 2.29. The molecule has 1 atom stereocenters. The summed E-state index contributed by atoms with van der Waals surface area (Å²) in [5.74, 6) is 0. The van der Waals surface area contributed by atoms with Gasteiger partial charge in [-0.05, 0) is 57.0 Å². The number of amides is 2. The van der Waals surface area contributed by atoms with Gasteiger partial charge in [-0.2, -0.15) is 5.01 Å². The molecule has 2 aromatic rings. The average Bonchev–Trinajstić information content (AvgIpc) is 2.64. The van der Waals surface area contributed by atoms with E-state index >= 15 is 0 Å². The lowest BCUT2D eigenvalue weighted by molar-refractivity contribution is -0.119. The van der Waals surface area contributed by atoms with Gasteiger partial charge < -0.3 is 14.3 Å². The van der Waals surface area contributed by atoms with Gasteiger partial charge in [0.15, 0.2) is 6.29 Å². The van der Waals surface area contributed by atoms with Crippen LogP contribution in [0, 0.1) is 0 Å². The normalized spacial score (nSPS) is 13.1. The summed E-state index contributed by atoms with van der Waals surface area (Å²) in [4.78, 5) is 37.0. The van der Waals surface area contributed by atoms with E-state index < -0.39 is 29.9 Å². The number of ether oxygens (including phenoxy) is 2. The Morgan fingerprint density at radius 1 is 1.00 bits per heavy atom. The van der Waals surface area contributed by atoms with Crippen molar-refractivity contribution in [3.63, 3.8) is 0 Å². The third kappa shape index (κ3) is 4.79. The molecule has 0 aromatic heterocycles. The summed E-state index contributed by atoms with van der Waals surface area (Å²) in [5.41, 5.74) is 1.37. The number of aldehydes is 1. The third-order valence-electron chi connectivity index (χ3n) is 4.09. The highest BCUT2D eigenvalue weighted by atomic mass is 16.6. The van der Waals surface area contributed by atoms with Crippen LogP contribution < -0.4 is 5.43 Å². The number of nitrogens with zero attached hydrogens (tertiary/aromatic N) is 1. The van der Waals surface area contributed by atoms with Crippen molar-refractivity contribution in [2.45, 2.75) is 52.4 Å². The Kier molecular flexibility index (Phi) is 6.62. The fraction of sp³-hybridized carbons (Fsp3) is 0.381. The van der Waals surface area contributed by atoms with Crippen LogP contribution in [0.15, 0.2) is 42.5 Å². The Labute approximate surface area is 164 Å². The molecule has 0 saturated heterocycles. The maximum Gasteiger partial charge on any atom is 0.430 e. The first-order valence-electron chi connectivity index (χ1n) is 9.11. The van der Waals surface area contributed by atoms with E-state index in [9.17, 15) is 14.4 Å². The zero-order chi connectivity index (χ0) is 20.9. The zero-order valence-corrected chi connectivity index (χ0v) is 16.8. The summed E-state index contributed by atoms with van der Waals surface area (Å²) in [6, 6.07) is 13.0. The quantitative estimate of drug-likeness (QED) is 0.616. The SMILES string of the molecule is CC(C)OC(=O)NN(C(=O)OC(C)C)C(C)(C=O)c1ccc2ccccc2c1. The molecule has 7 nitrogen and oxygen atoms in total. The monoisotopic (exact) mass is 386 g/mol. The van der Waals surface area contributed by atoms with Gasteiger partial charge in [0.05, 0.1) is 12.2 Å². The number of benzene rings is 2. The number of fused-ring (bicyclic) bond motifs is 1. The van der Waals surface area contributed by atoms with Gasteiger partial charge >= 0.3 is 12.2 Å². The molecule has 2 aromatic carbocycles. The number of rotatable bonds is 5. The summed E-state index contributed by atoms with van der Waals surface area (Å²) in [5, 5.41) is 2.76. The van der Waals surface area contributed by atoms with Gasteiger partial charge in [-0.15, -0.1) is 0 Å². The second-order valence-corrected chi connectivity index (χ2v) is 7.16. The van der Waals surface area contributed by atoms with Crippen molar-refractivity contribution in [1.82, 2.24) is 10.4 Å². The largest absolute Gasteiger partial charge is 0.446 e. The van der Waals surface area contributed by atoms with Crippen LogP contribution in [-0.4, -0.2) is 35.7 Å². The summed E-state index contributed by atoms with van der Waals surface area (Å²) >= 11 is 0. The molecular formula is C21H26N2O5. The summed E-state index contributed by atoms with van der Waals surface area (Å²) < 4.78 is 10.3. The van der Waals surface area contributed by atoms with Crippen LogP contribution in [0.25, 0.3) is 10.8 Å². The lowest BCUT2D eigenvalue weighted by atomic mass is 9.91. The van der Waals surface area contributed by atoms with E-state index in [0.717, 1.165) is 15.8 Å². The first-order chi connectivity index (χ1) is 13.2. The van der Waals surface area contributed by atoms with Crippen molar-refractivity contribution in [3.05, 3.63) is 48.0 Å². The Balaban J connectivity index is 2.48. The molecule has 2 rings (SSSR count). The minimum atomic E-state index is -1.51. The van der Waals surface area contributed by atoms with Crippen molar-refractivity contribution in [1.29, 1.82) is 0 Å². The van der Waals surface area contributed by atoms with Crippen molar-refractivity contribution in [2.75, 3.05) is 0 Å². The first-order valence-corrected chi connectivity index (χ1v) is 9.11. The van der Waals surface area contributed by atoms with Crippen molar-refractivity contribution in [3.8, 4) is 0 Å². The average molecular weight is 386 g/mol. The molecule has 0 bridgehead atoms. The van der Waals surface area contributed by atoms with Crippen molar-refractivity contribution < 1.29 is 23.9 Å². The molecule has 1 unspecified atom stereocenters. The predicted molar refractivity (Wildman–Crippen MR) is 106 cm³/mol. The molecule has 0 radical (unpaired) electrons. The fourth-order valence-corrected chi connectivity index (χ4v) is 2.69. The van der Waals surface area contributed by atoms with Crippen LogP contribution in [-0.2, 0) is 19.8 Å². The van der Waals surface area contributed by atoms with E-state index in [1.807, 2.05) is 30.3 Å². The van der Waals surface area contributed by atoms with Gasteiger partial charge in [-0.3, -0.25) is 0 Å². The summed E-state index contributed by atoms with van der Waals surface area (Å²) in [6.45, 7) is 8.24. The molecule has 0 saturated carbocycles. The molecule has 0 spiro atoms. The molecule has 0 fully saturated rings. The van der Waals surface area contributed by atoms with Gasteiger partial charge in [-0.25, -0.2) is 15.0 Å². The van der Waals surface area contributed by atoms with Crippen LogP contribution in [0.2, 0.25) is 0 Å². The topological polar surface area (TPSA) is 84.9 Å². The molecule has 28 heavy (non-hydrogen) atoms. The number of hydrogen-bond acceptors (Lipinski definition) is 5. The van der Waals surface area contributed by atoms with E-state index in [0.29, 0.717) is 11.8 Å². The molecular weight excluding hydrogens is 360 g/mol. The van der Waals surface area contributed by atoms with Crippen LogP contribution in [0.3, 0.4) is 0 Å². The molecule has 7 heteroatoms. The molecule has 0 aliphatic carbocycles. The zero-order valence-electron chi connectivity index (χ0n) is 16.8. The highest BCUT2D eigenvalue weighted by molar-refractivity contribution is 5.86. The lowest BCUT2D eigenvalue weighted by Crippen LogP contribution is -2.58. The number of carbonyl (C=O) groups excluding carboxylic acids is 3. The van der Waals surface area contributed by atoms with Gasteiger partial charge in [-0.1, -0.05) is 36.4 Å². The van der Waals surface area contributed by atoms with Crippen LogP contribution in [0.1, 0.15) is 40.2 Å². The molecule has 0 heterocycles. The van der Waals surface area contributed by atoms with E-state index in [1.54, 1.807) is 39.8 Å². The van der Waals surface area contributed by atoms with Crippen molar-refractivity contribution >= 4 is 29.2 Å². The Hall–Kier alpha value is -3.09. The number of hydrogen-bond donors (Lipinski definition) is 1. The molecule has 0 aliphatic heterocycles. The summed E-state index contributed by atoms with van der Waals surface area (Å²) in [6.07, 6.45) is -1.96. The Bertz CT molecular complexity index is 865. The van der Waals surface area contributed by atoms with E-state index in [2.05, 4.69) is 5.43 Å². The molecule has 2 amide bonds. The Morgan fingerprint density at radius 2 is 1.61 bits per heavy atom. The molecule has 150 valence electrons. The first kappa shape index (κ1) is 21.2. The maximum absolute atomic E-state index is 12.7. The fourth-order valence-electron chi connectivity index (χ4n) is 2.69. The highest BCUT2D eigenvalue weighted by Gasteiger charge is 2.40. The predicted octanol–water partition coefficient (Wildman–Crippen LogP) is 4.15. The molecule has 1 N–H and O–H groups in total. The standard InChI is InChI=1S/C21H26N2O5/c1-14(2)27-19(25)22-23(20(26)28-15(3)4)21(5,13-24)18-11-10-16-8-6-7-9-17(16)12-18/h6-15H,1-5H3,(H,22,25). The third-order valence-corrected chi connectivity index (χ3v) is 4.09. The molecule has 0 aliphatic rings. The van der Waals surface area contributed by atoms with Crippen LogP contribution in [0.4, 0.5) is 9.59 Å². The number of hydrazine groups is 1. The smallest absolute Gasteiger partial charge is 0.430 e. The van der Waals surface area contributed by atoms with Gasteiger partial charge in [0, 0.05) is 0 Å². The minimum absolute atomic E-state index is 0.397. The van der Waals surface area contributed by atoms with Crippen LogP contribution in [0.5, 0.6) is 0 Å². The second-order valence-electron chi connectivity index (χ2n) is 7.16. The van der Waals surface area contributed by atoms with Crippen molar-refractivity contribution in [2.24, 2.45) is 0 Å². The number of nitrogens with one attached hydrogen (secondary N) is 1. The maximum atomic E-state index is 12.7. The van der Waals surface area contributed by atoms with Gasteiger partial charge in [0.25, 0.3) is 0 Å².